The SMILES string of the molecule is Cc1nc(NC(=O)Nc2ccc(F)cc2)sc1C(=O)Nc1ccc2c(c1)OCCO2. The molecule has 0 saturated heterocycles. The van der Waals surface area contributed by atoms with Crippen LogP contribution in [-0.4, -0.2) is 30.1 Å². The average molecular weight is 428 g/mol. The highest BCUT2D eigenvalue weighted by atomic mass is 32.1. The molecule has 0 saturated carbocycles. The van der Waals surface area contributed by atoms with Crippen LogP contribution in [0.3, 0.4) is 0 Å². The summed E-state index contributed by atoms with van der Waals surface area (Å²) >= 11 is 1.05. The number of aromatic nitrogens is 1. The largest absolute Gasteiger partial charge is 0.486 e. The molecule has 0 radical (unpaired) electrons. The molecule has 1 aliphatic rings. The van der Waals surface area contributed by atoms with E-state index in [2.05, 4.69) is 20.9 Å². The van der Waals surface area contributed by atoms with Crippen molar-refractivity contribution in [1.82, 2.24) is 4.98 Å². The number of aryl methyl sites for hydroxylation is 1. The number of thiazole rings is 1. The van der Waals surface area contributed by atoms with E-state index in [1.165, 1.54) is 24.3 Å². The second-order valence-corrected chi connectivity index (χ2v) is 7.33. The monoisotopic (exact) mass is 428 g/mol. The van der Waals surface area contributed by atoms with Gasteiger partial charge in [-0.15, -0.1) is 0 Å². The second kappa shape index (κ2) is 8.37. The van der Waals surface area contributed by atoms with Crippen molar-refractivity contribution in [2.45, 2.75) is 6.92 Å². The van der Waals surface area contributed by atoms with Gasteiger partial charge in [0.25, 0.3) is 5.91 Å². The lowest BCUT2D eigenvalue weighted by atomic mass is 10.2. The van der Waals surface area contributed by atoms with E-state index >= 15 is 0 Å². The Balaban J connectivity index is 1.41. The van der Waals surface area contributed by atoms with Gasteiger partial charge in [0.2, 0.25) is 0 Å². The molecule has 0 bridgehead atoms. The Morgan fingerprint density at radius 3 is 2.43 bits per heavy atom. The predicted molar refractivity (Wildman–Crippen MR) is 111 cm³/mol. The number of fused-ring (bicyclic) bond motifs is 1. The van der Waals surface area contributed by atoms with Crippen molar-refractivity contribution in [3.63, 3.8) is 0 Å². The molecule has 2 aromatic carbocycles. The van der Waals surface area contributed by atoms with Gasteiger partial charge in [-0.2, -0.15) is 0 Å². The highest BCUT2D eigenvalue weighted by Gasteiger charge is 2.18. The minimum atomic E-state index is -0.547. The Labute approximate surface area is 175 Å². The van der Waals surface area contributed by atoms with Gasteiger partial charge < -0.3 is 20.1 Å². The molecule has 8 nitrogen and oxygen atoms in total. The number of anilines is 3. The fourth-order valence-electron chi connectivity index (χ4n) is 2.76. The lowest BCUT2D eigenvalue weighted by molar-refractivity contribution is 0.102. The number of halogens is 1. The Morgan fingerprint density at radius 1 is 0.967 bits per heavy atom. The zero-order valence-electron chi connectivity index (χ0n) is 15.8. The van der Waals surface area contributed by atoms with Gasteiger partial charge in [-0.3, -0.25) is 10.1 Å². The van der Waals surface area contributed by atoms with Gasteiger partial charge in [-0.1, -0.05) is 11.3 Å². The number of carbonyl (C=O) groups is 2. The van der Waals surface area contributed by atoms with E-state index < -0.39 is 11.8 Å². The molecule has 3 aromatic rings. The molecule has 30 heavy (non-hydrogen) atoms. The average Bonchev–Trinajstić information content (AvgIpc) is 3.09. The summed E-state index contributed by atoms with van der Waals surface area (Å²) in [5.41, 5.74) is 1.46. The van der Waals surface area contributed by atoms with E-state index in [0.717, 1.165) is 11.3 Å². The highest BCUT2D eigenvalue weighted by molar-refractivity contribution is 7.17. The minimum absolute atomic E-state index is 0.263. The number of hydrogen-bond acceptors (Lipinski definition) is 6. The smallest absolute Gasteiger partial charge is 0.325 e. The molecule has 0 atom stereocenters. The van der Waals surface area contributed by atoms with Gasteiger partial charge in [-0.05, 0) is 43.3 Å². The maximum Gasteiger partial charge on any atom is 0.325 e. The van der Waals surface area contributed by atoms with Crippen LogP contribution < -0.4 is 25.4 Å². The maximum atomic E-state index is 12.9. The van der Waals surface area contributed by atoms with E-state index in [4.69, 9.17) is 9.47 Å². The molecule has 0 spiro atoms. The molecule has 1 aromatic heterocycles. The van der Waals surface area contributed by atoms with Gasteiger partial charge >= 0.3 is 6.03 Å². The third kappa shape index (κ3) is 4.49. The molecule has 1 aliphatic heterocycles. The molecule has 2 heterocycles. The Morgan fingerprint density at radius 2 is 1.67 bits per heavy atom. The number of hydrogen-bond donors (Lipinski definition) is 3. The summed E-state index contributed by atoms with van der Waals surface area (Å²) < 4.78 is 23.9. The van der Waals surface area contributed by atoms with Gasteiger partial charge in [-0.25, -0.2) is 14.2 Å². The summed E-state index contributed by atoms with van der Waals surface area (Å²) in [5, 5.41) is 8.20. The van der Waals surface area contributed by atoms with E-state index in [1.807, 2.05) is 0 Å². The summed E-state index contributed by atoms with van der Waals surface area (Å²) in [6.07, 6.45) is 0. The van der Waals surface area contributed by atoms with Gasteiger partial charge in [0.1, 0.15) is 23.9 Å². The molecule has 10 heteroatoms. The van der Waals surface area contributed by atoms with Crippen molar-refractivity contribution in [2.24, 2.45) is 0 Å². The van der Waals surface area contributed by atoms with Crippen LogP contribution in [0.2, 0.25) is 0 Å². The molecule has 0 aliphatic carbocycles. The first kappa shape index (κ1) is 19.6. The minimum Gasteiger partial charge on any atom is -0.486 e. The first-order valence-corrected chi connectivity index (χ1v) is 9.81. The number of amides is 3. The maximum absolute atomic E-state index is 12.9. The topological polar surface area (TPSA) is 102 Å². The number of nitrogens with one attached hydrogen (secondary N) is 3. The summed E-state index contributed by atoms with van der Waals surface area (Å²) in [6.45, 7) is 2.62. The number of ether oxygens (including phenoxy) is 2. The molecule has 0 unspecified atom stereocenters. The highest BCUT2D eigenvalue weighted by Crippen LogP contribution is 2.33. The second-order valence-electron chi connectivity index (χ2n) is 6.33. The van der Waals surface area contributed by atoms with Gasteiger partial charge in [0.05, 0.1) is 5.69 Å². The third-order valence-corrected chi connectivity index (χ3v) is 5.20. The third-order valence-electron chi connectivity index (χ3n) is 4.13. The number of nitrogens with zero attached hydrogens (tertiary/aromatic N) is 1. The van der Waals surface area contributed by atoms with Crippen LogP contribution >= 0.6 is 11.3 Å². The van der Waals surface area contributed by atoms with Gasteiger partial charge in [0.15, 0.2) is 16.6 Å². The summed E-state index contributed by atoms with van der Waals surface area (Å²) in [7, 11) is 0. The lowest BCUT2D eigenvalue weighted by Crippen LogP contribution is -2.19. The van der Waals surface area contributed by atoms with Gasteiger partial charge in [0, 0.05) is 17.4 Å². The van der Waals surface area contributed by atoms with Crippen LogP contribution in [0, 0.1) is 12.7 Å². The van der Waals surface area contributed by atoms with Crippen LogP contribution in [0.4, 0.5) is 25.7 Å². The Kier molecular flexibility index (Phi) is 5.48. The van der Waals surface area contributed by atoms with E-state index in [1.54, 1.807) is 25.1 Å². The molecule has 154 valence electrons. The summed E-state index contributed by atoms with van der Waals surface area (Å²) in [4.78, 5) is 29.3. The Hall–Kier alpha value is -3.66. The molecule has 4 rings (SSSR count). The standard InChI is InChI=1S/C20H17FN4O4S/c1-11-17(18(26)23-14-6-7-15-16(10-14)29-9-8-28-15)30-20(22-11)25-19(27)24-13-4-2-12(21)3-5-13/h2-7,10H,8-9H2,1H3,(H,23,26)(H2,22,24,25,27). The van der Waals surface area contributed by atoms with Crippen LogP contribution in [-0.2, 0) is 0 Å². The van der Waals surface area contributed by atoms with Crippen molar-refractivity contribution >= 4 is 39.8 Å². The fraction of sp³-hybridized carbons (Fsp3) is 0.150. The van der Waals surface area contributed by atoms with Crippen molar-refractivity contribution in [1.29, 1.82) is 0 Å². The molecule has 3 N–H and O–H groups in total. The zero-order chi connectivity index (χ0) is 21.1. The van der Waals surface area contributed by atoms with Crippen LogP contribution in [0.15, 0.2) is 42.5 Å². The number of urea groups is 1. The quantitative estimate of drug-likeness (QED) is 0.576. The lowest BCUT2D eigenvalue weighted by Gasteiger charge is -2.18. The fourth-order valence-corrected chi connectivity index (χ4v) is 3.62. The van der Waals surface area contributed by atoms with Crippen molar-refractivity contribution in [3.05, 3.63) is 58.9 Å². The molecular formula is C20H17FN4O4S. The normalized spacial score (nSPS) is 12.2. The first-order valence-electron chi connectivity index (χ1n) is 9.00. The summed E-state index contributed by atoms with van der Waals surface area (Å²) in [5.74, 6) is 0.450. The zero-order valence-corrected chi connectivity index (χ0v) is 16.6. The van der Waals surface area contributed by atoms with E-state index in [0.29, 0.717) is 46.7 Å². The molecule has 3 amide bonds. The van der Waals surface area contributed by atoms with Crippen molar-refractivity contribution < 1.29 is 23.5 Å². The first-order chi connectivity index (χ1) is 14.5. The number of rotatable bonds is 4. The summed E-state index contributed by atoms with van der Waals surface area (Å²) in [6, 6.07) is 9.95. The van der Waals surface area contributed by atoms with Crippen LogP contribution in [0.5, 0.6) is 11.5 Å². The van der Waals surface area contributed by atoms with Crippen LogP contribution in [0.25, 0.3) is 0 Å². The van der Waals surface area contributed by atoms with Crippen LogP contribution in [0.1, 0.15) is 15.4 Å². The Bertz CT molecular complexity index is 1100. The van der Waals surface area contributed by atoms with Crippen molar-refractivity contribution in [2.75, 3.05) is 29.2 Å². The van der Waals surface area contributed by atoms with Crippen molar-refractivity contribution in [3.8, 4) is 11.5 Å². The van der Waals surface area contributed by atoms with E-state index in [-0.39, 0.29) is 11.0 Å². The van der Waals surface area contributed by atoms with E-state index in [9.17, 15) is 14.0 Å². The molecular weight excluding hydrogens is 411 g/mol. The predicted octanol–water partition coefficient (Wildman–Crippen LogP) is 4.26. The number of benzene rings is 2. The molecule has 0 fully saturated rings. The number of carbonyl (C=O) groups excluding carboxylic acids is 2.